The van der Waals surface area contributed by atoms with Crippen LogP contribution in [0, 0.1) is 6.92 Å². The van der Waals surface area contributed by atoms with Crippen LogP contribution >= 0.6 is 0 Å². The summed E-state index contributed by atoms with van der Waals surface area (Å²) in [5, 5.41) is 0. The molecule has 0 unspecified atom stereocenters. The zero-order valence-electron chi connectivity index (χ0n) is 10.9. The van der Waals surface area contributed by atoms with E-state index in [1.165, 1.54) is 11.1 Å². The average molecular weight is 247 g/mol. The van der Waals surface area contributed by atoms with Gasteiger partial charge in [-0.25, -0.2) is 0 Å². The van der Waals surface area contributed by atoms with Crippen LogP contribution in [0.5, 0.6) is 0 Å². The Morgan fingerprint density at radius 2 is 1.89 bits per heavy atom. The summed E-state index contributed by atoms with van der Waals surface area (Å²) in [5.74, 6) is -0.234. The molecule has 0 radical (unpaired) electrons. The molecule has 98 valence electrons. The third kappa shape index (κ3) is 3.82. The van der Waals surface area contributed by atoms with Crippen molar-refractivity contribution in [3.8, 4) is 0 Å². The molecule has 0 bridgehead atoms. The predicted octanol–water partition coefficient (Wildman–Crippen LogP) is 0.598. The number of carbonyl (C=O) groups is 1. The van der Waals surface area contributed by atoms with Gasteiger partial charge in [-0.3, -0.25) is 14.6 Å². The van der Waals surface area contributed by atoms with Crippen molar-refractivity contribution in [2.75, 3.05) is 32.7 Å². The lowest BCUT2D eigenvalue weighted by molar-refractivity contribution is -0.119. The molecule has 2 rings (SSSR count). The summed E-state index contributed by atoms with van der Waals surface area (Å²) >= 11 is 0. The Labute approximate surface area is 108 Å². The lowest BCUT2D eigenvalue weighted by Crippen LogP contribution is -2.48. The van der Waals surface area contributed by atoms with Gasteiger partial charge in [-0.1, -0.05) is 29.8 Å². The SMILES string of the molecule is Cc1cccc(CN2CCN(CC(N)=O)CC2)c1. The lowest BCUT2D eigenvalue weighted by Gasteiger charge is -2.34. The highest BCUT2D eigenvalue weighted by Gasteiger charge is 2.17. The van der Waals surface area contributed by atoms with E-state index in [1.807, 2.05) is 0 Å². The summed E-state index contributed by atoms with van der Waals surface area (Å²) in [7, 11) is 0. The van der Waals surface area contributed by atoms with Gasteiger partial charge in [0.05, 0.1) is 6.54 Å². The molecule has 1 aliphatic heterocycles. The highest BCUT2D eigenvalue weighted by Crippen LogP contribution is 2.10. The highest BCUT2D eigenvalue weighted by molar-refractivity contribution is 5.75. The summed E-state index contributed by atoms with van der Waals surface area (Å²) in [4.78, 5) is 15.4. The molecular weight excluding hydrogens is 226 g/mol. The van der Waals surface area contributed by atoms with Gasteiger partial charge < -0.3 is 5.73 Å². The standard InChI is InChI=1S/C14H21N3O/c1-12-3-2-4-13(9-12)10-16-5-7-17(8-6-16)11-14(15)18/h2-4,9H,5-8,10-11H2,1H3,(H2,15,18). The smallest absolute Gasteiger partial charge is 0.231 e. The molecule has 0 spiro atoms. The molecule has 0 saturated carbocycles. The van der Waals surface area contributed by atoms with E-state index in [1.54, 1.807) is 0 Å². The van der Waals surface area contributed by atoms with Gasteiger partial charge in [-0.05, 0) is 12.5 Å². The minimum atomic E-state index is -0.234. The first-order chi connectivity index (χ1) is 8.63. The van der Waals surface area contributed by atoms with Crippen LogP contribution in [0.4, 0.5) is 0 Å². The maximum atomic E-state index is 10.8. The van der Waals surface area contributed by atoms with E-state index in [2.05, 4.69) is 41.0 Å². The summed E-state index contributed by atoms with van der Waals surface area (Å²) in [6.07, 6.45) is 0. The molecule has 1 aromatic carbocycles. The molecule has 1 fully saturated rings. The number of aryl methyl sites for hydroxylation is 1. The lowest BCUT2D eigenvalue weighted by atomic mass is 10.1. The molecule has 4 heteroatoms. The second kappa shape index (κ2) is 5.98. The second-order valence-electron chi connectivity index (χ2n) is 5.01. The maximum Gasteiger partial charge on any atom is 0.231 e. The van der Waals surface area contributed by atoms with Gasteiger partial charge in [-0.2, -0.15) is 0 Å². The number of hydrogen-bond acceptors (Lipinski definition) is 3. The highest BCUT2D eigenvalue weighted by atomic mass is 16.1. The first-order valence-electron chi connectivity index (χ1n) is 6.42. The van der Waals surface area contributed by atoms with Crippen LogP contribution < -0.4 is 5.73 Å². The number of carbonyl (C=O) groups excluding carboxylic acids is 1. The number of rotatable bonds is 4. The number of hydrogen-bond donors (Lipinski definition) is 1. The van der Waals surface area contributed by atoms with E-state index in [4.69, 9.17) is 5.73 Å². The predicted molar refractivity (Wildman–Crippen MR) is 72.1 cm³/mol. The van der Waals surface area contributed by atoms with Gasteiger partial charge in [0, 0.05) is 32.7 Å². The summed E-state index contributed by atoms with van der Waals surface area (Å²) in [5.41, 5.74) is 7.87. The van der Waals surface area contributed by atoms with Crippen LogP contribution in [0.3, 0.4) is 0 Å². The van der Waals surface area contributed by atoms with Gasteiger partial charge in [-0.15, -0.1) is 0 Å². The Balaban J connectivity index is 1.81. The third-order valence-electron chi connectivity index (χ3n) is 3.33. The van der Waals surface area contributed by atoms with Crippen molar-refractivity contribution in [3.05, 3.63) is 35.4 Å². The fraction of sp³-hybridized carbons (Fsp3) is 0.500. The van der Waals surface area contributed by atoms with Crippen molar-refractivity contribution >= 4 is 5.91 Å². The number of amides is 1. The first kappa shape index (κ1) is 13.1. The molecule has 1 amide bonds. The Bertz CT molecular complexity index is 411. The van der Waals surface area contributed by atoms with Crippen LogP contribution in [0.1, 0.15) is 11.1 Å². The molecule has 1 aromatic rings. The normalized spacial score (nSPS) is 17.8. The molecule has 4 nitrogen and oxygen atoms in total. The molecular formula is C14H21N3O. The Kier molecular flexibility index (Phi) is 4.33. The maximum absolute atomic E-state index is 10.8. The molecule has 1 saturated heterocycles. The van der Waals surface area contributed by atoms with E-state index in [0.717, 1.165) is 32.7 Å². The van der Waals surface area contributed by atoms with Crippen molar-refractivity contribution in [3.63, 3.8) is 0 Å². The van der Waals surface area contributed by atoms with Crippen molar-refractivity contribution in [1.29, 1.82) is 0 Å². The van der Waals surface area contributed by atoms with Crippen LogP contribution in [0.2, 0.25) is 0 Å². The quantitative estimate of drug-likeness (QED) is 0.847. The van der Waals surface area contributed by atoms with Gasteiger partial charge in [0.1, 0.15) is 0 Å². The van der Waals surface area contributed by atoms with Crippen LogP contribution in [0.25, 0.3) is 0 Å². The van der Waals surface area contributed by atoms with Crippen LogP contribution in [0.15, 0.2) is 24.3 Å². The molecule has 0 atom stereocenters. The van der Waals surface area contributed by atoms with Crippen molar-refractivity contribution in [2.24, 2.45) is 5.73 Å². The summed E-state index contributed by atoms with van der Waals surface area (Å²) in [6, 6.07) is 8.63. The van der Waals surface area contributed by atoms with Crippen LogP contribution in [-0.2, 0) is 11.3 Å². The molecule has 0 aliphatic carbocycles. The molecule has 2 N–H and O–H groups in total. The number of nitrogens with zero attached hydrogens (tertiary/aromatic N) is 2. The van der Waals surface area contributed by atoms with Crippen molar-refractivity contribution < 1.29 is 4.79 Å². The number of nitrogens with two attached hydrogens (primary N) is 1. The molecule has 18 heavy (non-hydrogen) atoms. The Hall–Kier alpha value is -1.39. The molecule has 1 aliphatic rings. The van der Waals surface area contributed by atoms with Crippen molar-refractivity contribution in [1.82, 2.24) is 9.80 Å². The summed E-state index contributed by atoms with van der Waals surface area (Å²) in [6.45, 7) is 7.35. The monoisotopic (exact) mass is 247 g/mol. The van der Waals surface area contributed by atoms with E-state index in [-0.39, 0.29) is 5.91 Å². The number of piperazine rings is 1. The Morgan fingerprint density at radius 1 is 1.22 bits per heavy atom. The summed E-state index contributed by atoms with van der Waals surface area (Å²) < 4.78 is 0. The van der Waals surface area contributed by atoms with E-state index >= 15 is 0 Å². The Morgan fingerprint density at radius 3 is 2.50 bits per heavy atom. The first-order valence-corrected chi connectivity index (χ1v) is 6.42. The van der Waals surface area contributed by atoms with Gasteiger partial charge >= 0.3 is 0 Å². The topological polar surface area (TPSA) is 49.6 Å². The van der Waals surface area contributed by atoms with E-state index in [0.29, 0.717) is 6.54 Å². The minimum absolute atomic E-state index is 0.234. The number of benzene rings is 1. The average Bonchev–Trinajstić information content (AvgIpc) is 2.31. The van der Waals surface area contributed by atoms with E-state index < -0.39 is 0 Å². The van der Waals surface area contributed by atoms with Gasteiger partial charge in [0.2, 0.25) is 5.91 Å². The number of primary amides is 1. The van der Waals surface area contributed by atoms with Gasteiger partial charge in [0.25, 0.3) is 0 Å². The zero-order valence-corrected chi connectivity index (χ0v) is 10.9. The molecule has 1 heterocycles. The van der Waals surface area contributed by atoms with Crippen LogP contribution in [-0.4, -0.2) is 48.4 Å². The van der Waals surface area contributed by atoms with Gasteiger partial charge in [0.15, 0.2) is 0 Å². The third-order valence-corrected chi connectivity index (χ3v) is 3.33. The van der Waals surface area contributed by atoms with Crippen molar-refractivity contribution in [2.45, 2.75) is 13.5 Å². The van der Waals surface area contributed by atoms with E-state index in [9.17, 15) is 4.79 Å². The fourth-order valence-corrected chi connectivity index (χ4v) is 2.39. The second-order valence-corrected chi connectivity index (χ2v) is 5.01. The fourth-order valence-electron chi connectivity index (χ4n) is 2.39. The molecule has 0 aromatic heterocycles. The largest absolute Gasteiger partial charge is 0.369 e. The zero-order chi connectivity index (χ0) is 13.0. The minimum Gasteiger partial charge on any atom is -0.369 e.